The van der Waals surface area contributed by atoms with Gasteiger partial charge in [0.2, 0.25) is 11.8 Å². The molecule has 0 aliphatic rings. The average Bonchev–Trinajstić information content (AvgIpc) is 2.93. The zero-order chi connectivity index (χ0) is 30.3. The number of hydrogen-bond donors (Lipinski definition) is 1. The summed E-state index contributed by atoms with van der Waals surface area (Å²) in [6.45, 7) is 11.6. The van der Waals surface area contributed by atoms with Gasteiger partial charge in [0.25, 0.3) is 10.0 Å². The first-order chi connectivity index (χ1) is 19.3. The van der Waals surface area contributed by atoms with Crippen LogP contribution in [0, 0.1) is 26.7 Å². The van der Waals surface area contributed by atoms with Crippen molar-refractivity contribution in [3.63, 3.8) is 0 Å². The smallest absolute Gasteiger partial charge is 0.264 e. The lowest BCUT2D eigenvalue weighted by Gasteiger charge is -2.33. The molecule has 0 spiro atoms. The van der Waals surface area contributed by atoms with Crippen LogP contribution in [0.15, 0.2) is 71.6 Å². The van der Waals surface area contributed by atoms with E-state index in [1.165, 1.54) is 17.0 Å². The molecule has 7 nitrogen and oxygen atoms in total. The Morgan fingerprint density at radius 1 is 0.927 bits per heavy atom. The number of nitrogens with one attached hydrogen (secondary N) is 1. The van der Waals surface area contributed by atoms with E-state index >= 15 is 0 Å². The van der Waals surface area contributed by atoms with Gasteiger partial charge in [-0.3, -0.25) is 13.9 Å². The fourth-order valence-corrected chi connectivity index (χ4v) is 6.00. The number of amides is 2. The van der Waals surface area contributed by atoms with E-state index in [-0.39, 0.29) is 29.0 Å². The van der Waals surface area contributed by atoms with Crippen molar-refractivity contribution in [1.82, 2.24) is 10.2 Å². The fraction of sp³-hybridized carbons (Fsp3) is 0.375. The zero-order valence-corrected chi connectivity index (χ0v) is 26.2. The van der Waals surface area contributed by atoms with Gasteiger partial charge in [0, 0.05) is 18.1 Å². The number of nitrogens with zero attached hydrogens (tertiary/aromatic N) is 2. The first-order valence-corrected chi connectivity index (χ1v) is 15.6. The Morgan fingerprint density at radius 3 is 2.17 bits per heavy atom. The van der Waals surface area contributed by atoms with Crippen molar-refractivity contribution in [2.24, 2.45) is 5.92 Å². The highest BCUT2D eigenvalue weighted by atomic mass is 35.5. The second-order valence-electron chi connectivity index (χ2n) is 10.8. The van der Waals surface area contributed by atoms with Gasteiger partial charge in [-0.25, -0.2) is 8.42 Å². The maximum absolute atomic E-state index is 14.2. The fourth-order valence-electron chi connectivity index (χ4n) is 4.42. The number of aryl methyl sites for hydroxylation is 3. The molecule has 0 aliphatic carbocycles. The minimum Gasteiger partial charge on any atom is -0.354 e. The molecule has 3 aromatic carbocycles. The molecule has 0 bridgehead atoms. The summed E-state index contributed by atoms with van der Waals surface area (Å²) in [7, 11) is -4.16. The van der Waals surface area contributed by atoms with Crippen molar-refractivity contribution in [3.05, 3.63) is 94.0 Å². The number of sulfonamides is 1. The Bertz CT molecular complexity index is 1470. The Kier molecular flexibility index (Phi) is 11.0. The number of benzene rings is 3. The van der Waals surface area contributed by atoms with E-state index in [2.05, 4.69) is 5.32 Å². The Hall–Kier alpha value is -3.36. The number of carbonyl (C=O) groups is 2. The molecule has 0 unspecified atom stereocenters. The molecule has 41 heavy (non-hydrogen) atoms. The van der Waals surface area contributed by atoms with Gasteiger partial charge in [0.1, 0.15) is 12.6 Å². The molecule has 0 aromatic heterocycles. The van der Waals surface area contributed by atoms with E-state index in [9.17, 15) is 18.0 Å². The van der Waals surface area contributed by atoms with E-state index in [1.54, 1.807) is 30.3 Å². The van der Waals surface area contributed by atoms with Gasteiger partial charge in [0.05, 0.1) is 10.6 Å². The Labute approximate surface area is 249 Å². The number of hydrogen-bond acceptors (Lipinski definition) is 4. The van der Waals surface area contributed by atoms with Gasteiger partial charge in [-0.1, -0.05) is 80.4 Å². The summed E-state index contributed by atoms with van der Waals surface area (Å²) in [5.41, 5.74) is 3.80. The molecular weight excluding hydrogens is 558 g/mol. The van der Waals surface area contributed by atoms with Gasteiger partial charge in [-0.2, -0.15) is 0 Å². The molecular formula is C32H40ClN3O4S. The average molecular weight is 598 g/mol. The van der Waals surface area contributed by atoms with Gasteiger partial charge in [-0.05, 0) is 74.1 Å². The highest BCUT2D eigenvalue weighted by molar-refractivity contribution is 7.92. The van der Waals surface area contributed by atoms with Crippen LogP contribution < -0.4 is 9.62 Å². The lowest BCUT2D eigenvalue weighted by Crippen LogP contribution is -2.52. The maximum Gasteiger partial charge on any atom is 0.264 e. The van der Waals surface area contributed by atoms with Gasteiger partial charge >= 0.3 is 0 Å². The van der Waals surface area contributed by atoms with Crippen LogP contribution in [0.1, 0.15) is 49.4 Å². The zero-order valence-electron chi connectivity index (χ0n) is 24.6. The largest absolute Gasteiger partial charge is 0.354 e. The van der Waals surface area contributed by atoms with Crippen molar-refractivity contribution in [1.29, 1.82) is 0 Å². The van der Waals surface area contributed by atoms with Crippen molar-refractivity contribution in [2.75, 3.05) is 17.4 Å². The second-order valence-corrected chi connectivity index (χ2v) is 13.0. The van der Waals surface area contributed by atoms with Crippen LogP contribution in [-0.4, -0.2) is 44.3 Å². The monoisotopic (exact) mass is 597 g/mol. The molecule has 0 heterocycles. The van der Waals surface area contributed by atoms with Crippen LogP contribution in [0.3, 0.4) is 0 Å². The van der Waals surface area contributed by atoms with Crippen LogP contribution in [0.25, 0.3) is 0 Å². The number of carbonyl (C=O) groups excluding carboxylic acids is 2. The van der Waals surface area contributed by atoms with Crippen molar-refractivity contribution < 1.29 is 18.0 Å². The maximum atomic E-state index is 14.2. The van der Waals surface area contributed by atoms with E-state index < -0.39 is 28.5 Å². The molecule has 2 amide bonds. The van der Waals surface area contributed by atoms with Gasteiger partial charge < -0.3 is 10.2 Å². The third-order valence-electron chi connectivity index (χ3n) is 7.00. The molecule has 9 heteroatoms. The van der Waals surface area contributed by atoms with Crippen LogP contribution >= 0.6 is 11.6 Å². The summed E-state index contributed by atoms with van der Waals surface area (Å²) in [4.78, 5) is 29.1. The van der Waals surface area contributed by atoms with E-state index in [0.29, 0.717) is 18.0 Å². The van der Waals surface area contributed by atoms with Gasteiger partial charge in [0.15, 0.2) is 0 Å². The summed E-state index contributed by atoms with van der Waals surface area (Å²) in [5.74, 6) is -0.528. The molecule has 1 atom stereocenters. The highest BCUT2D eigenvalue weighted by Crippen LogP contribution is 2.29. The Balaban J connectivity index is 2.08. The molecule has 220 valence electrons. The summed E-state index contributed by atoms with van der Waals surface area (Å²) in [6.07, 6.45) is 0.364. The third-order valence-corrected chi connectivity index (χ3v) is 9.20. The molecule has 0 radical (unpaired) electrons. The number of rotatable bonds is 12. The predicted octanol–water partition coefficient (Wildman–Crippen LogP) is 6.04. The molecule has 0 saturated carbocycles. The van der Waals surface area contributed by atoms with Crippen LogP contribution in [0.5, 0.6) is 0 Å². The van der Waals surface area contributed by atoms with Crippen LogP contribution in [0.4, 0.5) is 5.69 Å². The van der Waals surface area contributed by atoms with E-state index in [0.717, 1.165) is 26.6 Å². The van der Waals surface area contributed by atoms with Crippen molar-refractivity contribution >= 4 is 39.1 Å². The first kappa shape index (κ1) is 32.2. The number of halogens is 1. The molecule has 3 aromatic rings. The first-order valence-electron chi connectivity index (χ1n) is 13.8. The summed E-state index contributed by atoms with van der Waals surface area (Å²) >= 11 is 6.40. The second kappa shape index (κ2) is 14.0. The third kappa shape index (κ3) is 8.11. The standard InChI is InChI=1S/C32H40ClN3O4S/c1-7-30(32(38)34-19-22(2)3)35(20-26-11-9-8-10-24(26)5)31(37)21-36(27-15-14-25(6)29(33)18-27)41(39,40)28-16-12-23(4)13-17-28/h8-18,22,30H,7,19-21H2,1-6H3,(H,34,38)/t30-/m0/s1. The lowest BCUT2D eigenvalue weighted by atomic mass is 10.1. The molecule has 1 N–H and O–H groups in total. The molecule has 0 saturated heterocycles. The van der Waals surface area contributed by atoms with E-state index in [4.69, 9.17) is 11.6 Å². The highest BCUT2D eigenvalue weighted by Gasteiger charge is 2.34. The predicted molar refractivity (Wildman–Crippen MR) is 166 cm³/mol. The van der Waals surface area contributed by atoms with Crippen molar-refractivity contribution in [2.45, 2.75) is 65.4 Å². The summed E-state index contributed by atoms with van der Waals surface area (Å²) < 4.78 is 29.1. The van der Waals surface area contributed by atoms with Gasteiger partial charge in [-0.15, -0.1) is 0 Å². The van der Waals surface area contributed by atoms with Crippen LogP contribution in [0.2, 0.25) is 5.02 Å². The van der Waals surface area contributed by atoms with E-state index in [1.807, 2.05) is 65.8 Å². The SMILES string of the molecule is CC[C@@H](C(=O)NCC(C)C)N(Cc1ccccc1C)C(=O)CN(c1ccc(C)c(Cl)c1)S(=O)(=O)c1ccc(C)cc1. The number of anilines is 1. The van der Waals surface area contributed by atoms with Crippen LogP contribution in [-0.2, 0) is 26.2 Å². The molecule has 0 fully saturated rings. The molecule has 3 rings (SSSR count). The molecule has 0 aliphatic heterocycles. The lowest BCUT2D eigenvalue weighted by molar-refractivity contribution is -0.140. The minimum absolute atomic E-state index is 0.0553. The summed E-state index contributed by atoms with van der Waals surface area (Å²) in [5, 5.41) is 3.33. The minimum atomic E-state index is -4.16. The summed E-state index contributed by atoms with van der Waals surface area (Å²) in [6, 6.07) is 18.3. The normalized spacial score (nSPS) is 12.2. The Morgan fingerprint density at radius 2 is 1.59 bits per heavy atom. The van der Waals surface area contributed by atoms with Crippen molar-refractivity contribution in [3.8, 4) is 0 Å². The quantitative estimate of drug-likeness (QED) is 0.276. The topological polar surface area (TPSA) is 86.8 Å².